The van der Waals surface area contributed by atoms with Gasteiger partial charge in [0.1, 0.15) is 11.9 Å². The number of pyridine rings is 1. The van der Waals surface area contributed by atoms with E-state index in [9.17, 15) is 9.18 Å². The number of benzene rings is 1. The van der Waals surface area contributed by atoms with E-state index in [-0.39, 0.29) is 23.8 Å². The van der Waals surface area contributed by atoms with Crippen molar-refractivity contribution in [1.82, 2.24) is 20.0 Å². The van der Waals surface area contributed by atoms with E-state index in [0.29, 0.717) is 28.8 Å². The molecule has 2 fully saturated rings. The number of aromatic nitrogens is 3. The summed E-state index contributed by atoms with van der Waals surface area (Å²) in [6.07, 6.45) is 6.22. The van der Waals surface area contributed by atoms with Gasteiger partial charge in [0.05, 0.1) is 5.56 Å². The monoisotopic (exact) mass is 364 g/mol. The van der Waals surface area contributed by atoms with Crippen molar-refractivity contribution in [2.75, 3.05) is 0 Å². The number of carbonyl (C=O) groups is 1. The molecule has 0 spiro atoms. The van der Waals surface area contributed by atoms with E-state index in [1.165, 1.54) is 12.1 Å². The summed E-state index contributed by atoms with van der Waals surface area (Å²) < 4.78 is 18.7. The second kappa shape index (κ2) is 6.26. The first kappa shape index (κ1) is 16.1. The summed E-state index contributed by atoms with van der Waals surface area (Å²) in [5.74, 6) is 0.795. The smallest absolute Gasteiger partial charge is 0.256 e. The van der Waals surface area contributed by atoms with Crippen molar-refractivity contribution in [2.24, 2.45) is 5.92 Å². The standard InChI is InChI=1S/C20H17FN4O2/c21-15-6-3-12(4-7-15)18-23-19(27-24-18)17-13-5-8-16(10-13)25(17)20(26)14-2-1-9-22-11-14/h1-4,6-7,9,11,13,16-17H,5,8,10H2/t13-,16-,17-/m0/s1. The van der Waals surface area contributed by atoms with Crippen molar-refractivity contribution in [3.8, 4) is 11.4 Å². The number of likely N-dealkylation sites (tertiary alicyclic amines) is 1. The van der Waals surface area contributed by atoms with E-state index < -0.39 is 0 Å². The quantitative estimate of drug-likeness (QED) is 0.709. The van der Waals surface area contributed by atoms with Gasteiger partial charge in [0.15, 0.2) is 0 Å². The summed E-state index contributed by atoms with van der Waals surface area (Å²) in [6.45, 7) is 0. The van der Waals surface area contributed by atoms with Crippen molar-refractivity contribution in [2.45, 2.75) is 31.3 Å². The average Bonchev–Trinajstić information content (AvgIpc) is 3.44. The van der Waals surface area contributed by atoms with Crippen LogP contribution >= 0.6 is 0 Å². The Bertz CT molecular complexity index is 973. The van der Waals surface area contributed by atoms with Crippen molar-refractivity contribution < 1.29 is 13.7 Å². The van der Waals surface area contributed by atoms with E-state index in [1.807, 2.05) is 4.90 Å². The van der Waals surface area contributed by atoms with E-state index in [0.717, 1.165) is 19.3 Å². The van der Waals surface area contributed by atoms with Crippen LogP contribution < -0.4 is 0 Å². The van der Waals surface area contributed by atoms with Gasteiger partial charge in [0, 0.05) is 24.0 Å². The molecular formula is C20H17FN4O2. The SMILES string of the molecule is O=C(c1cccnc1)N1[C@H]2CC[C@@H](C2)[C@H]1c1nc(-c2ccc(F)cc2)no1. The molecule has 2 aromatic heterocycles. The maximum absolute atomic E-state index is 13.1. The Morgan fingerprint density at radius 3 is 2.81 bits per heavy atom. The van der Waals surface area contributed by atoms with E-state index in [4.69, 9.17) is 4.52 Å². The fraction of sp³-hybridized carbons (Fsp3) is 0.300. The predicted molar refractivity (Wildman–Crippen MR) is 94.0 cm³/mol. The summed E-state index contributed by atoms with van der Waals surface area (Å²) in [7, 11) is 0. The lowest BCUT2D eigenvalue weighted by Crippen LogP contribution is -2.40. The zero-order valence-electron chi connectivity index (χ0n) is 14.5. The molecule has 5 rings (SSSR count). The molecule has 2 bridgehead atoms. The number of hydrogen-bond donors (Lipinski definition) is 0. The van der Waals surface area contributed by atoms with Crippen LogP contribution in [0.15, 0.2) is 53.3 Å². The maximum atomic E-state index is 13.1. The van der Waals surface area contributed by atoms with Gasteiger partial charge >= 0.3 is 0 Å². The molecule has 2 aliphatic rings. The Morgan fingerprint density at radius 1 is 1.19 bits per heavy atom. The summed E-state index contributed by atoms with van der Waals surface area (Å²) in [5.41, 5.74) is 1.24. The number of fused-ring (bicyclic) bond motifs is 2. The molecule has 1 aliphatic carbocycles. The Kier molecular flexibility index (Phi) is 3.74. The third kappa shape index (κ3) is 2.70. The summed E-state index contributed by atoms with van der Waals surface area (Å²) in [4.78, 5) is 23.6. The van der Waals surface area contributed by atoms with Gasteiger partial charge in [0.2, 0.25) is 11.7 Å². The normalized spacial score (nSPS) is 23.7. The molecule has 3 heterocycles. The van der Waals surface area contributed by atoms with E-state index >= 15 is 0 Å². The topological polar surface area (TPSA) is 72.1 Å². The van der Waals surface area contributed by atoms with Crippen LogP contribution in [0.1, 0.15) is 41.6 Å². The first-order valence-corrected chi connectivity index (χ1v) is 9.03. The number of carbonyl (C=O) groups excluding carboxylic acids is 1. The second-order valence-corrected chi connectivity index (χ2v) is 7.09. The molecule has 3 atom stereocenters. The molecule has 6 nitrogen and oxygen atoms in total. The number of amides is 1. The van der Waals surface area contributed by atoms with Gasteiger partial charge in [-0.3, -0.25) is 9.78 Å². The van der Waals surface area contributed by atoms with Crippen LogP contribution in [0.4, 0.5) is 4.39 Å². The number of halogens is 1. The highest BCUT2D eigenvalue weighted by molar-refractivity contribution is 5.94. The van der Waals surface area contributed by atoms with Gasteiger partial charge in [-0.2, -0.15) is 4.98 Å². The molecule has 0 N–H and O–H groups in total. The lowest BCUT2D eigenvalue weighted by molar-refractivity contribution is 0.0538. The predicted octanol–water partition coefficient (Wildman–Crippen LogP) is 3.64. The van der Waals surface area contributed by atoms with Crippen LogP contribution in [-0.4, -0.2) is 32.0 Å². The Labute approximate surface area is 155 Å². The summed E-state index contributed by atoms with van der Waals surface area (Å²) in [5, 5.41) is 4.05. The minimum absolute atomic E-state index is 0.0539. The second-order valence-electron chi connectivity index (χ2n) is 7.09. The van der Waals surface area contributed by atoms with Gasteiger partial charge < -0.3 is 9.42 Å². The molecule has 0 radical (unpaired) electrons. The van der Waals surface area contributed by atoms with Crippen LogP contribution in [0, 0.1) is 11.7 Å². The van der Waals surface area contributed by atoms with Crippen LogP contribution in [0.3, 0.4) is 0 Å². The fourth-order valence-corrected chi connectivity index (χ4v) is 4.31. The van der Waals surface area contributed by atoms with Crippen LogP contribution in [-0.2, 0) is 0 Å². The molecule has 1 amide bonds. The molecule has 1 aliphatic heterocycles. The van der Waals surface area contributed by atoms with Gasteiger partial charge in [-0.05, 0) is 61.6 Å². The Hall–Kier alpha value is -3.09. The molecule has 1 saturated heterocycles. The van der Waals surface area contributed by atoms with E-state index in [1.54, 1.807) is 36.7 Å². The number of hydrogen-bond acceptors (Lipinski definition) is 5. The van der Waals surface area contributed by atoms with Crippen molar-refractivity contribution in [3.05, 3.63) is 66.1 Å². The van der Waals surface area contributed by atoms with Crippen LogP contribution in [0.5, 0.6) is 0 Å². The average molecular weight is 364 g/mol. The Morgan fingerprint density at radius 2 is 2.04 bits per heavy atom. The van der Waals surface area contributed by atoms with Crippen molar-refractivity contribution >= 4 is 5.91 Å². The van der Waals surface area contributed by atoms with Crippen LogP contribution in [0.25, 0.3) is 11.4 Å². The van der Waals surface area contributed by atoms with Gasteiger partial charge in [-0.15, -0.1) is 0 Å². The summed E-state index contributed by atoms with van der Waals surface area (Å²) in [6, 6.07) is 9.45. The van der Waals surface area contributed by atoms with Crippen molar-refractivity contribution in [1.29, 1.82) is 0 Å². The van der Waals surface area contributed by atoms with Crippen LogP contribution in [0.2, 0.25) is 0 Å². The van der Waals surface area contributed by atoms with Gasteiger partial charge in [-0.1, -0.05) is 5.16 Å². The Balaban J connectivity index is 1.48. The number of rotatable bonds is 3. The molecule has 3 aromatic rings. The highest BCUT2D eigenvalue weighted by Crippen LogP contribution is 2.50. The third-order valence-corrected chi connectivity index (χ3v) is 5.53. The number of piperidine rings is 1. The molecule has 1 saturated carbocycles. The largest absolute Gasteiger partial charge is 0.337 e. The zero-order valence-corrected chi connectivity index (χ0v) is 14.5. The fourth-order valence-electron chi connectivity index (χ4n) is 4.31. The molecule has 7 heteroatoms. The zero-order chi connectivity index (χ0) is 18.4. The highest BCUT2D eigenvalue weighted by atomic mass is 19.1. The van der Waals surface area contributed by atoms with Crippen molar-refractivity contribution in [3.63, 3.8) is 0 Å². The lowest BCUT2D eigenvalue weighted by atomic mass is 9.98. The summed E-state index contributed by atoms with van der Waals surface area (Å²) >= 11 is 0. The molecule has 27 heavy (non-hydrogen) atoms. The van der Waals surface area contributed by atoms with Gasteiger partial charge in [0.25, 0.3) is 5.91 Å². The first-order valence-electron chi connectivity index (χ1n) is 9.03. The molecule has 1 aromatic carbocycles. The lowest BCUT2D eigenvalue weighted by Gasteiger charge is -2.33. The molecule has 0 unspecified atom stereocenters. The van der Waals surface area contributed by atoms with E-state index in [2.05, 4.69) is 15.1 Å². The first-order chi connectivity index (χ1) is 13.2. The number of nitrogens with zero attached hydrogens (tertiary/aromatic N) is 4. The minimum Gasteiger partial charge on any atom is -0.337 e. The molecule has 136 valence electrons. The molecular weight excluding hydrogens is 347 g/mol. The third-order valence-electron chi connectivity index (χ3n) is 5.53. The maximum Gasteiger partial charge on any atom is 0.256 e. The minimum atomic E-state index is -0.316. The highest BCUT2D eigenvalue weighted by Gasteiger charge is 2.51. The van der Waals surface area contributed by atoms with Gasteiger partial charge in [-0.25, -0.2) is 4.39 Å².